The maximum Gasteiger partial charge on any atom is 0.203 e. The van der Waals surface area contributed by atoms with Gasteiger partial charge in [0, 0.05) is 19.2 Å². The lowest BCUT2D eigenvalue weighted by atomic mass is 9.98. The number of aryl methyl sites for hydroxylation is 3. The SMILES string of the molecule is CCN(C)C=Nc1cc(C)c(C(=O)C(C)Oc2cccc(C)c2)cc1C. The third-order valence-corrected chi connectivity index (χ3v) is 4.37. The molecule has 2 aromatic carbocycles. The second-order valence-corrected chi connectivity index (χ2v) is 6.71. The second kappa shape index (κ2) is 8.65. The maximum atomic E-state index is 12.9. The van der Waals surface area contributed by atoms with Crippen LogP contribution in [0, 0.1) is 20.8 Å². The highest BCUT2D eigenvalue weighted by Crippen LogP contribution is 2.25. The van der Waals surface area contributed by atoms with Gasteiger partial charge in [0.05, 0.1) is 12.0 Å². The zero-order valence-corrected chi connectivity index (χ0v) is 16.5. The van der Waals surface area contributed by atoms with Gasteiger partial charge in [0.25, 0.3) is 0 Å². The van der Waals surface area contributed by atoms with Crippen molar-refractivity contribution in [2.75, 3.05) is 13.6 Å². The van der Waals surface area contributed by atoms with E-state index < -0.39 is 6.10 Å². The fourth-order valence-electron chi connectivity index (χ4n) is 2.61. The minimum Gasteiger partial charge on any atom is -0.483 e. The molecule has 0 fully saturated rings. The van der Waals surface area contributed by atoms with Gasteiger partial charge in [-0.25, -0.2) is 4.99 Å². The summed E-state index contributed by atoms with van der Waals surface area (Å²) in [5.41, 5.74) is 4.56. The third kappa shape index (κ3) is 4.94. The lowest BCUT2D eigenvalue weighted by Crippen LogP contribution is -2.24. The zero-order valence-electron chi connectivity index (χ0n) is 16.5. The number of nitrogens with zero attached hydrogens (tertiary/aromatic N) is 2. The molecule has 4 nitrogen and oxygen atoms in total. The van der Waals surface area contributed by atoms with Crippen LogP contribution in [-0.4, -0.2) is 36.7 Å². The van der Waals surface area contributed by atoms with Crippen molar-refractivity contribution in [3.8, 4) is 5.75 Å². The zero-order chi connectivity index (χ0) is 19.3. The van der Waals surface area contributed by atoms with Crippen molar-refractivity contribution in [1.82, 2.24) is 4.90 Å². The van der Waals surface area contributed by atoms with E-state index in [1.165, 1.54) is 0 Å². The van der Waals surface area contributed by atoms with E-state index in [4.69, 9.17) is 4.74 Å². The molecule has 2 aromatic rings. The van der Waals surface area contributed by atoms with E-state index in [1.807, 2.05) is 75.5 Å². The van der Waals surface area contributed by atoms with E-state index in [9.17, 15) is 4.79 Å². The molecule has 0 radical (unpaired) electrons. The number of hydrogen-bond acceptors (Lipinski definition) is 3. The van der Waals surface area contributed by atoms with Crippen molar-refractivity contribution in [3.63, 3.8) is 0 Å². The smallest absolute Gasteiger partial charge is 0.203 e. The number of aliphatic imine (C=N–C) groups is 1. The number of hydrogen-bond donors (Lipinski definition) is 0. The van der Waals surface area contributed by atoms with Crippen molar-refractivity contribution in [2.24, 2.45) is 4.99 Å². The topological polar surface area (TPSA) is 41.9 Å². The summed E-state index contributed by atoms with van der Waals surface area (Å²) in [6.45, 7) is 10.7. The van der Waals surface area contributed by atoms with Crippen LogP contribution in [0.3, 0.4) is 0 Å². The summed E-state index contributed by atoms with van der Waals surface area (Å²) in [7, 11) is 1.98. The van der Waals surface area contributed by atoms with Gasteiger partial charge in [-0.2, -0.15) is 0 Å². The summed E-state index contributed by atoms with van der Waals surface area (Å²) in [6, 6.07) is 11.6. The molecule has 2 rings (SSSR count). The van der Waals surface area contributed by atoms with Crippen LogP contribution in [0.15, 0.2) is 41.4 Å². The van der Waals surface area contributed by atoms with Gasteiger partial charge in [0.1, 0.15) is 5.75 Å². The van der Waals surface area contributed by atoms with Crippen LogP contribution in [0.4, 0.5) is 5.69 Å². The predicted octanol–water partition coefficient (Wildman–Crippen LogP) is 4.87. The standard InChI is InChI=1S/C22H28N2O2/c1-7-24(6)14-23-21-13-16(3)20(12-17(21)4)22(25)18(5)26-19-10-8-9-15(2)11-19/h8-14,18H,7H2,1-6H3. The fourth-order valence-corrected chi connectivity index (χ4v) is 2.61. The van der Waals surface area contributed by atoms with E-state index in [0.717, 1.165) is 28.9 Å². The van der Waals surface area contributed by atoms with Gasteiger partial charge in [0.2, 0.25) is 5.78 Å². The van der Waals surface area contributed by atoms with Gasteiger partial charge >= 0.3 is 0 Å². The van der Waals surface area contributed by atoms with Gasteiger partial charge in [-0.3, -0.25) is 4.79 Å². The number of carbonyl (C=O) groups is 1. The van der Waals surface area contributed by atoms with Crippen LogP contribution < -0.4 is 4.74 Å². The van der Waals surface area contributed by atoms with E-state index in [0.29, 0.717) is 11.3 Å². The first-order valence-electron chi connectivity index (χ1n) is 8.95. The molecule has 0 bridgehead atoms. The number of benzene rings is 2. The quantitative estimate of drug-likeness (QED) is 0.405. The molecule has 0 aliphatic carbocycles. The number of carbonyl (C=O) groups excluding carboxylic acids is 1. The van der Waals surface area contributed by atoms with Gasteiger partial charge in [-0.15, -0.1) is 0 Å². The largest absolute Gasteiger partial charge is 0.483 e. The molecule has 0 heterocycles. The van der Waals surface area contributed by atoms with E-state index in [2.05, 4.69) is 11.9 Å². The molecule has 4 heteroatoms. The molecule has 0 aliphatic heterocycles. The van der Waals surface area contributed by atoms with E-state index in [1.54, 1.807) is 6.92 Å². The summed E-state index contributed by atoms with van der Waals surface area (Å²) < 4.78 is 5.84. The van der Waals surface area contributed by atoms with Crippen molar-refractivity contribution in [1.29, 1.82) is 0 Å². The van der Waals surface area contributed by atoms with Crippen LogP contribution in [0.25, 0.3) is 0 Å². The summed E-state index contributed by atoms with van der Waals surface area (Å²) in [4.78, 5) is 19.4. The monoisotopic (exact) mass is 352 g/mol. The summed E-state index contributed by atoms with van der Waals surface area (Å²) in [5.74, 6) is 0.692. The normalized spacial score (nSPS) is 12.2. The Morgan fingerprint density at radius 2 is 1.92 bits per heavy atom. The number of ether oxygens (including phenoxy) is 1. The number of rotatable bonds is 7. The average molecular weight is 352 g/mol. The number of ketones is 1. The Morgan fingerprint density at radius 3 is 2.58 bits per heavy atom. The molecular formula is C22H28N2O2. The molecule has 26 heavy (non-hydrogen) atoms. The first-order valence-corrected chi connectivity index (χ1v) is 8.95. The minimum absolute atomic E-state index is 0.0201. The third-order valence-electron chi connectivity index (χ3n) is 4.37. The van der Waals surface area contributed by atoms with Crippen molar-refractivity contribution >= 4 is 17.8 Å². The Bertz CT molecular complexity index is 812. The molecule has 138 valence electrons. The Hall–Kier alpha value is -2.62. The van der Waals surface area contributed by atoms with Crippen LogP contribution in [0.5, 0.6) is 5.75 Å². The average Bonchev–Trinajstić information content (AvgIpc) is 2.61. The molecule has 0 aromatic heterocycles. The first-order chi connectivity index (χ1) is 12.3. The molecule has 0 saturated carbocycles. The Morgan fingerprint density at radius 1 is 1.19 bits per heavy atom. The Labute approximate surface area is 156 Å². The molecule has 0 amide bonds. The van der Waals surface area contributed by atoms with Gasteiger partial charge in [-0.1, -0.05) is 12.1 Å². The predicted molar refractivity (Wildman–Crippen MR) is 108 cm³/mol. The molecule has 0 spiro atoms. The van der Waals surface area contributed by atoms with Gasteiger partial charge in [-0.05, 0) is 75.6 Å². The van der Waals surface area contributed by atoms with Crippen molar-refractivity contribution in [2.45, 2.75) is 40.7 Å². The minimum atomic E-state index is -0.546. The van der Waals surface area contributed by atoms with Crippen molar-refractivity contribution in [3.05, 3.63) is 58.7 Å². The van der Waals surface area contributed by atoms with Crippen LogP contribution in [-0.2, 0) is 0 Å². The van der Waals surface area contributed by atoms with Gasteiger partial charge < -0.3 is 9.64 Å². The van der Waals surface area contributed by atoms with E-state index in [-0.39, 0.29) is 5.78 Å². The first kappa shape index (κ1) is 19.7. The molecule has 0 aliphatic rings. The lowest BCUT2D eigenvalue weighted by Gasteiger charge is -2.16. The number of Topliss-reactive ketones (excluding diaryl/α,β-unsaturated/α-hetero) is 1. The fraction of sp³-hybridized carbons (Fsp3) is 0.364. The lowest BCUT2D eigenvalue weighted by molar-refractivity contribution is 0.0817. The van der Waals surface area contributed by atoms with Gasteiger partial charge in [0.15, 0.2) is 6.10 Å². The van der Waals surface area contributed by atoms with Crippen molar-refractivity contribution < 1.29 is 9.53 Å². The summed E-state index contributed by atoms with van der Waals surface area (Å²) >= 11 is 0. The molecule has 0 N–H and O–H groups in total. The Balaban J connectivity index is 2.20. The molecular weight excluding hydrogens is 324 g/mol. The molecule has 0 saturated heterocycles. The van der Waals surface area contributed by atoms with Crippen LogP contribution >= 0.6 is 0 Å². The summed E-state index contributed by atoms with van der Waals surface area (Å²) in [5, 5.41) is 0. The highest BCUT2D eigenvalue weighted by molar-refractivity contribution is 6.01. The maximum absolute atomic E-state index is 12.9. The molecule has 1 atom stereocenters. The highest BCUT2D eigenvalue weighted by Gasteiger charge is 2.20. The Kier molecular flexibility index (Phi) is 6.56. The summed E-state index contributed by atoms with van der Waals surface area (Å²) in [6.07, 6.45) is 1.27. The van der Waals surface area contributed by atoms with Crippen LogP contribution in [0.2, 0.25) is 0 Å². The molecule has 1 unspecified atom stereocenters. The van der Waals surface area contributed by atoms with Crippen LogP contribution in [0.1, 0.15) is 40.9 Å². The van der Waals surface area contributed by atoms with E-state index >= 15 is 0 Å². The second-order valence-electron chi connectivity index (χ2n) is 6.71. The highest BCUT2D eigenvalue weighted by atomic mass is 16.5.